The van der Waals surface area contributed by atoms with Gasteiger partial charge in [0, 0.05) is 26.7 Å². The molecule has 0 spiro atoms. The van der Waals surface area contributed by atoms with E-state index >= 15 is 0 Å². The fourth-order valence-electron chi connectivity index (χ4n) is 2.43. The summed E-state index contributed by atoms with van der Waals surface area (Å²) in [6.45, 7) is 2.67. The summed E-state index contributed by atoms with van der Waals surface area (Å²) in [4.78, 5) is 11.5. The Morgan fingerprint density at radius 1 is 1.33 bits per heavy atom. The smallest absolute Gasteiger partial charge is 0.282 e. The van der Waals surface area contributed by atoms with Crippen molar-refractivity contribution >= 4 is 16.1 Å². The second-order valence-electron chi connectivity index (χ2n) is 4.96. The van der Waals surface area contributed by atoms with Crippen molar-refractivity contribution in [2.45, 2.75) is 19.9 Å². The third kappa shape index (κ3) is 3.42. The molecular weight excluding hydrogens is 290 g/mol. The van der Waals surface area contributed by atoms with Gasteiger partial charge in [0.05, 0.1) is 6.54 Å². The third-order valence-corrected chi connectivity index (χ3v) is 5.70. The molecule has 0 bridgehead atoms. The summed E-state index contributed by atoms with van der Waals surface area (Å²) in [5.41, 5.74) is 2.22. The van der Waals surface area contributed by atoms with E-state index in [0.29, 0.717) is 19.5 Å². The maximum absolute atomic E-state index is 12.6. The van der Waals surface area contributed by atoms with Crippen LogP contribution >= 0.6 is 0 Å². The van der Waals surface area contributed by atoms with Crippen LogP contribution in [-0.4, -0.2) is 49.6 Å². The van der Waals surface area contributed by atoms with Crippen LogP contribution in [0.5, 0.6) is 0 Å². The Morgan fingerprint density at radius 2 is 2.00 bits per heavy atom. The number of amides is 1. The third-order valence-electron chi connectivity index (χ3n) is 3.70. The molecule has 0 unspecified atom stereocenters. The van der Waals surface area contributed by atoms with Gasteiger partial charge in [-0.1, -0.05) is 31.2 Å². The van der Waals surface area contributed by atoms with E-state index in [1.54, 1.807) is 6.92 Å². The normalized spacial score (nSPS) is 15.8. The molecule has 0 saturated carbocycles. The van der Waals surface area contributed by atoms with Crippen LogP contribution in [0.25, 0.3) is 0 Å². The van der Waals surface area contributed by atoms with Crippen molar-refractivity contribution < 1.29 is 13.2 Å². The summed E-state index contributed by atoms with van der Waals surface area (Å²) in [6, 6.07) is 7.86. The first-order valence-electron chi connectivity index (χ1n) is 7.01. The van der Waals surface area contributed by atoms with Crippen LogP contribution in [0.1, 0.15) is 18.1 Å². The van der Waals surface area contributed by atoms with Gasteiger partial charge < -0.3 is 5.32 Å². The Morgan fingerprint density at radius 3 is 2.62 bits per heavy atom. The molecule has 1 aromatic carbocycles. The van der Waals surface area contributed by atoms with Crippen LogP contribution in [0.3, 0.4) is 0 Å². The molecule has 0 saturated heterocycles. The first-order chi connectivity index (χ1) is 9.98. The number of nitrogens with zero attached hydrogens (tertiary/aromatic N) is 2. The molecule has 0 aliphatic carbocycles. The lowest BCUT2D eigenvalue weighted by atomic mass is 10.0. The van der Waals surface area contributed by atoms with Crippen LogP contribution < -0.4 is 5.32 Å². The second kappa shape index (κ2) is 6.55. The maximum Gasteiger partial charge on any atom is 0.282 e. The molecule has 6 nitrogen and oxygen atoms in total. The number of carbonyl (C=O) groups excluding carboxylic acids is 1. The average Bonchev–Trinajstić information content (AvgIpc) is 2.51. The SMILES string of the molecule is CCN(CC(=O)NC)S(=O)(=O)N1CCc2ccccc2C1. The zero-order chi connectivity index (χ0) is 15.5. The minimum atomic E-state index is -3.62. The highest BCUT2D eigenvalue weighted by molar-refractivity contribution is 7.86. The molecule has 1 aliphatic heterocycles. The van der Waals surface area contributed by atoms with Crippen molar-refractivity contribution in [3.8, 4) is 0 Å². The fraction of sp³-hybridized carbons (Fsp3) is 0.500. The van der Waals surface area contributed by atoms with Gasteiger partial charge in [0.1, 0.15) is 0 Å². The highest BCUT2D eigenvalue weighted by Gasteiger charge is 2.32. The van der Waals surface area contributed by atoms with Crippen LogP contribution in [0, 0.1) is 0 Å². The summed E-state index contributed by atoms with van der Waals surface area (Å²) in [5.74, 6) is -0.308. The van der Waals surface area contributed by atoms with E-state index in [9.17, 15) is 13.2 Å². The van der Waals surface area contributed by atoms with Crippen molar-refractivity contribution in [2.75, 3.05) is 26.7 Å². The molecule has 116 valence electrons. The Balaban J connectivity index is 2.18. The molecule has 1 aromatic rings. The molecule has 1 amide bonds. The molecule has 0 atom stereocenters. The first kappa shape index (κ1) is 15.9. The second-order valence-corrected chi connectivity index (χ2v) is 6.89. The number of benzene rings is 1. The van der Waals surface area contributed by atoms with Gasteiger partial charge in [-0.25, -0.2) is 0 Å². The predicted molar refractivity (Wildman–Crippen MR) is 80.8 cm³/mol. The van der Waals surface area contributed by atoms with E-state index in [0.717, 1.165) is 5.56 Å². The van der Waals surface area contributed by atoms with Crippen LogP contribution in [0.15, 0.2) is 24.3 Å². The number of hydrogen-bond acceptors (Lipinski definition) is 3. The highest BCUT2D eigenvalue weighted by atomic mass is 32.2. The molecule has 0 radical (unpaired) electrons. The summed E-state index contributed by atoms with van der Waals surface area (Å²) in [7, 11) is -2.12. The first-order valence-corrected chi connectivity index (χ1v) is 8.41. The lowest BCUT2D eigenvalue weighted by molar-refractivity contribution is -0.120. The predicted octanol–water partition coefficient (Wildman–Crippen LogP) is 0.357. The average molecular weight is 311 g/mol. The maximum atomic E-state index is 12.6. The van der Waals surface area contributed by atoms with E-state index in [4.69, 9.17) is 0 Å². The number of likely N-dealkylation sites (N-methyl/N-ethyl adjacent to an activating group) is 2. The fourth-order valence-corrected chi connectivity index (χ4v) is 3.98. The number of rotatable bonds is 5. The summed E-state index contributed by atoms with van der Waals surface area (Å²) in [5, 5.41) is 2.46. The topological polar surface area (TPSA) is 69.7 Å². The Labute approximate surface area is 125 Å². The number of carbonyl (C=O) groups is 1. The lowest BCUT2D eigenvalue weighted by Gasteiger charge is -2.32. The number of fused-ring (bicyclic) bond motifs is 1. The van der Waals surface area contributed by atoms with Gasteiger partial charge in [-0.15, -0.1) is 0 Å². The van der Waals surface area contributed by atoms with Crippen molar-refractivity contribution in [2.24, 2.45) is 0 Å². The van der Waals surface area contributed by atoms with Crippen molar-refractivity contribution in [3.05, 3.63) is 35.4 Å². The quantitative estimate of drug-likeness (QED) is 0.853. The molecular formula is C14H21N3O3S. The van der Waals surface area contributed by atoms with E-state index in [2.05, 4.69) is 5.32 Å². The molecule has 1 heterocycles. The number of hydrogen-bond donors (Lipinski definition) is 1. The van der Waals surface area contributed by atoms with Gasteiger partial charge in [0.15, 0.2) is 0 Å². The zero-order valence-corrected chi connectivity index (χ0v) is 13.2. The van der Waals surface area contributed by atoms with Crippen molar-refractivity contribution in [1.29, 1.82) is 0 Å². The van der Waals surface area contributed by atoms with Gasteiger partial charge in [-0.05, 0) is 17.5 Å². The molecule has 1 aliphatic rings. The highest BCUT2D eigenvalue weighted by Crippen LogP contribution is 2.22. The minimum absolute atomic E-state index is 0.145. The molecule has 0 fully saturated rings. The van der Waals surface area contributed by atoms with Gasteiger partial charge in [-0.3, -0.25) is 4.79 Å². The minimum Gasteiger partial charge on any atom is -0.358 e. The standard InChI is InChI=1S/C14H21N3O3S/c1-3-16(11-14(18)15-2)21(19,20)17-9-8-12-6-4-5-7-13(12)10-17/h4-7H,3,8-11H2,1-2H3,(H,15,18). The lowest BCUT2D eigenvalue weighted by Crippen LogP contribution is -2.48. The van der Waals surface area contributed by atoms with Crippen molar-refractivity contribution in [3.63, 3.8) is 0 Å². The van der Waals surface area contributed by atoms with Crippen LogP contribution in [-0.2, 0) is 28.0 Å². The summed E-state index contributed by atoms with van der Waals surface area (Å²) >= 11 is 0. The van der Waals surface area contributed by atoms with Gasteiger partial charge in [-0.2, -0.15) is 17.0 Å². The summed E-state index contributed by atoms with van der Waals surface area (Å²) < 4.78 is 28.0. The van der Waals surface area contributed by atoms with Crippen LogP contribution in [0.2, 0.25) is 0 Å². The number of nitrogens with one attached hydrogen (secondary N) is 1. The molecule has 7 heteroatoms. The van der Waals surface area contributed by atoms with Gasteiger partial charge in [0.25, 0.3) is 10.2 Å². The van der Waals surface area contributed by atoms with E-state index in [1.807, 2.05) is 24.3 Å². The van der Waals surface area contributed by atoms with Crippen LogP contribution in [0.4, 0.5) is 0 Å². The largest absolute Gasteiger partial charge is 0.358 e. The molecule has 2 rings (SSSR count). The Kier molecular flexibility index (Phi) is 4.97. The molecule has 21 heavy (non-hydrogen) atoms. The van der Waals surface area contributed by atoms with E-state index in [-0.39, 0.29) is 19.0 Å². The van der Waals surface area contributed by atoms with E-state index < -0.39 is 10.2 Å². The Hall–Kier alpha value is -1.44. The monoisotopic (exact) mass is 311 g/mol. The Bertz CT molecular complexity index is 616. The van der Waals surface area contributed by atoms with Crippen molar-refractivity contribution in [1.82, 2.24) is 13.9 Å². The zero-order valence-electron chi connectivity index (χ0n) is 12.4. The van der Waals surface area contributed by atoms with E-state index in [1.165, 1.54) is 21.2 Å². The van der Waals surface area contributed by atoms with Gasteiger partial charge in [0.2, 0.25) is 5.91 Å². The van der Waals surface area contributed by atoms with Gasteiger partial charge >= 0.3 is 0 Å². The summed E-state index contributed by atoms with van der Waals surface area (Å²) in [6.07, 6.45) is 0.701. The molecule has 0 aromatic heterocycles. The molecule has 1 N–H and O–H groups in total.